The lowest BCUT2D eigenvalue weighted by atomic mass is 9.99. The summed E-state index contributed by atoms with van der Waals surface area (Å²) < 4.78 is 35.9. The standard InChI is InChI=1S/C20H31N2O11P/c1-5-30-34(29,31-6-2)10-12(4)16-17(32-14(25)8-7-13(23)24)15(26)19(33-16)22-9-11(3)18(27)21-20(22)28/h9,12,15-17,19,26H,5-8,10H2,1-4H3,(H,23,24)(H,21,27,28)/t12-,15+,16+,17-,19+/m0/s1. The highest BCUT2D eigenvalue weighted by Gasteiger charge is 2.50. The summed E-state index contributed by atoms with van der Waals surface area (Å²) in [4.78, 5) is 49.2. The lowest BCUT2D eigenvalue weighted by Crippen LogP contribution is -2.41. The first kappa shape index (κ1) is 27.9. The van der Waals surface area contributed by atoms with Gasteiger partial charge in [0, 0.05) is 11.8 Å². The number of aliphatic hydroxyl groups is 1. The van der Waals surface area contributed by atoms with Crippen molar-refractivity contribution >= 4 is 19.5 Å². The van der Waals surface area contributed by atoms with Gasteiger partial charge in [-0.05, 0) is 26.7 Å². The molecular formula is C20H31N2O11P. The Labute approximate surface area is 195 Å². The van der Waals surface area contributed by atoms with Crippen LogP contribution in [0.1, 0.15) is 45.4 Å². The monoisotopic (exact) mass is 506 g/mol. The van der Waals surface area contributed by atoms with E-state index in [1.54, 1.807) is 20.8 Å². The Morgan fingerprint density at radius 1 is 1.24 bits per heavy atom. The number of carbonyl (C=O) groups is 2. The average Bonchev–Trinajstić information content (AvgIpc) is 3.05. The first-order valence-corrected chi connectivity index (χ1v) is 12.6. The molecule has 1 saturated heterocycles. The van der Waals surface area contributed by atoms with E-state index in [9.17, 15) is 28.8 Å². The number of carboxylic acid groups (broad SMARTS) is 1. The van der Waals surface area contributed by atoms with Crippen LogP contribution in [0.4, 0.5) is 0 Å². The molecular weight excluding hydrogens is 475 g/mol. The number of aromatic nitrogens is 2. The molecule has 0 amide bonds. The summed E-state index contributed by atoms with van der Waals surface area (Å²) in [7, 11) is -3.55. The van der Waals surface area contributed by atoms with Crippen molar-refractivity contribution in [2.24, 2.45) is 5.92 Å². The molecule has 0 spiro atoms. The Morgan fingerprint density at radius 3 is 2.41 bits per heavy atom. The number of hydrogen-bond acceptors (Lipinski definition) is 10. The Hall–Kier alpha value is -2.31. The van der Waals surface area contributed by atoms with Crippen LogP contribution in [0.25, 0.3) is 0 Å². The Balaban J connectivity index is 2.37. The van der Waals surface area contributed by atoms with Gasteiger partial charge in [0.05, 0.1) is 32.2 Å². The SMILES string of the molecule is CCOP(=O)(C[C@H](C)[C@H]1O[C@@H](n2cc(C)c(=O)[nH]c2=O)[C@H](O)[C@@H]1OC(=O)CCC(=O)O)OCC. The number of carbonyl (C=O) groups excluding carboxylic acids is 1. The lowest BCUT2D eigenvalue weighted by Gasteiger charge is -2.27. The number of aliphatic hydroxyl groups excluding tert-OH is 1. The molecule has 3 N–H and O–H groups in total. The second kappa shape index (κ2) is 11.9. The van der Waals surface area contributed by atoms with Crippen molar-refractivity contribution in [1.29, 1.82) is 0 Å². The van der Waals surface area contributed by atoms with Crippen molar-refractivity contribution in [3.63, 3.8) is 0 Å². The van der Waals surface area contributed by atoms with Crippen LogP contribution in [0.15, 0.2) is 15.8 Å². The minimum absolute atomic E-state index is 0.125. The Morgan fingerprint density at radius 2 is 1.85 bits per heavy atom. The number of carboxylic acids is 1. The van der Waals surface area contributed by atoms with E-state index in [-0.39, 0.29) is 24.9 Å². The average molecular weight is 506 g/mol. The maximum Gasteiger partial charge on any atom is 0.331 e. The zero-order chi connectivity index (χ0) is 25.6. The van der Waals surface area contributed by atoms with Gasteiger partial charge in [-0.15, -0.1) is 0 Å². The number of hydrogen-bond donors (Lipinski definition) is 3. The third kappa shape index (κ3) is 6.86. The van der Waals surface area contributed by atoms with Crippen LogP contribution in [0.5, 0.6) is 0 Å². The van der Waals surface area contributed by atoms with Gasteiger partial charge in [-0.3, -0.25) is 28.5 Å². The van der Waals surface area contributed by atoms with E-state index in [1.807, 2.05) is 0 Å². The smallest absolute Gasteiger partial charge is 0.331 e. The molecule has 2 rings (SSSR count). The maximum absolute atomic E-state index is 13.0. The van der Waals surface area contributed by atoms with Crippen molar-refractivity contribution in [2.75, 3.05) is 19.4 Å². The maximum atomic E-state index is 13.0. The van der Waals surface area contributed by atoms with Crippen molar-refractivity contribution < 1.29 is 42.9 Å². The first-order chi connectivity index (χ1) is 15.9. The van der Waals surface area contributed by atoms with Gasteiger partial charge in [-0.2, -0.15) is 0 Å². The zero-order valence-electron chi connectivity index (χ0n) is 19.5. The van der Waals surface area contributed by atoms with E-state index in [0.29, 0.717) is 0 Å². The van der Waals surface area contributed by atoms with Crippen molar-refractivity contribution in [3.05, 3.63) is 32.6 Å². The number of nitrogens with one attached hydrogen (secondary N) is 1. The molecule has 5 atom stereocenters. The van der Waals surface area contributed by atoms with Gasteiger partial charge in [0.2, 0.25) is 0 Å². The fourth-order valence-electron chi connectivity index (χ4n) is 3.69. The minimum Gasteiger partial charge on any atom is -0.481 e. The number of nitrogens with zero attached hydrogens (tertiary/aromatic N) is 1. The third-order valence-electron chi connectivity index (χ3n) is 5.20. The van der Waals surface area contributed by atoms with Crippen LogP contribution >= 0.6 is 7.60 Å². The second-order valence-corrected chi connectivity index (χ2v) is 10.0. The number of ether oxygens (including phenoxy) is 2. The molecule has 1 aliphatic heterocycles. The fraction of sp³-hybridized carbons (Fsp3) is 0.700. The van der Waals surface area contributed by atoms with Crippen LogP contribution in [0.3, 0.4) is 0 Å². The van der Waals surface area contributed by atoms with Gasteiger partial charge >= 0.3 is 25.2 Å². The summed E-state index contributed by atoms with van der Waals surface area (Å²) >= 11 is 0. The number of aromatic amines is 1. The van der Waals surface area contributed by atoms with E-state index in [4.69, 9.17) is 23.6 Å². The third-order valence-corrected chi connectivity index (χ3v) is 7.53. The summed E-state index contributed by atoms with van der Waals surface area (Å²) in [6, 6.07) is 0. The largest absolute Gasteiger partial charge is 0.481 e. The Bertz CT molecular complexity index is 1030. The fourth-order valence-corrected chi connectivity index (χ4v) is 5.67. The van der Waals surface area contributed by atoms with E-state index in [0.717, 1.165) is 4.57 Å². The van der Waals surface area contributed by atoms with Crippen LogP contribution in [0.2, 0.25) is 0 Å². The summed E-state index contributed by atoms with van der Waals surface area (Å²) in [5, 5.41) is 19.7. The van der Waals surface area contributed by atoms with Gasteiger partial charge in [0.1, 0.15) is 12.2 Å². The highest BCUT2D eigenvalue weighted by molar-refractivity contribution is 7.53. The van der Waals surface area contributed by atoms with Gasteiger partial charge in [0.25, 0.3) is 5.56 Å². The quantitative estimate of drug-likeness (QED) is 0.269. The molecule has 0 unspecified atom stereocenters. The molecule has 2 heterocycles. The van der Waals surface area contributed by atoms with Crippen LogP contribution in [0, 0.1) is 12.8 Å². The summed E-state index contributed by atoms with van der Waals surface area (Å²) in [5.41, 5.74) is -1.28. The molecule has 192 valence electrons. The molecule has 34 heavy (non-hydrogen) atoms. The second-order valence-electron chi connectivity index (χ2n) is 7.92. The van der Waals surface area contributed by atoms with Crippen molar-refractivity contribution in [1.82, 2.24) is 9.55 Å². The zero-order valence-corrected chi connectivity index (χ0v) is 20.4. The molecule has 1 aromatic rings. The summed E-state index contributed by atoms with van der Waals surface area (Å²) in [6.07, 6.45) is -5.13. The van der Waals surface area contributed by atoms with Crippen LogP contribution in [-0.2, 0) is 32.7 Å². The van der Waals surface area contributed by atoms with Gasteiger partial charge in [-0.1, -0.05) is 6.92 Å². The molecule has 0 saturated carbocycles. The molecule has 13 nitrogen and oxygen atoms in total. The molecule has 1 aromatic heterocycles. The molecule has 0 aromatic carbocycles. The molecule has 0 radical (unpaired) electrons. The predicted octanol–water partition coefficient (Wildman–Crippen LogP) is 0.782. The van der Waals surface area contributed by atoms with E-state index < -0.39 is 74.1 Å². The number of rotatable bonds is 12. The van der Waals surface area contributed by atoms with E-state index in [1.165, 1.54) is 13.1 Å². The number of aryl methyl sites for hydroxylation is 1. The first-order valence-electron chi connectivity index (χ1n) is 10.9. The molecule has 0 bridgehead atoms. The van der Waals surface area contributed by atoms with Crippen molar-refractivity contribution in [3.8, 4) is 0 Å². The highest BCUT2D eigenvalue weighted by atomic mass is 31.2. The van der Waals surface area contributed by atoms with Gasteiger partial charge in [-0.25, -0.2) is 4.79 Å². The molecule has 1 fully saturated rings. The van der Waals surface area contributed by atoms with Gasteiger partial charge < -0.3 is 28.7 Å². The van der Waals surface area contributed by atoms with Crippen LogP contribution < -0.4 is 11.2 Å². The molecule has 0 aliphatic carbocycles. The van der Waals surface area contributed by atoms with Crippen LogP contribution in [-0.4, -0.2) is 69.4 Å². The van der Waals surface area contributed by atoms with E-state index in [2.05, 4.69) is 4.98 Å². The molecule has 14 heteroatoms. The molecule has 1 aliphatic rings. The minimum atomic E-state index is -3.55. The number of esters is 1. The summed E-state index contributed by atoms with van der Waals surface area (Å²) in [6.45, 7) is 6.64. The van der Waals surface area contributed by atoms with E-state index >= 15 is 0 Å². The highest BCUT2D eigenvalue weighted by Crippen LogP contribution is 2.51. The topological polar surface area (TPSA) is 183 Å². The predicted molar refractivity (Wildman–Crippen MR) is 118 cm³/mol. The van der Waals surface area contributed by atoms with Gasteiger partial charge in [0.15, 0.2) is 12.3 Å². The summed E-state index contributed by atoms with van der Waals surface area (Å²) in [5.74, 6) is -2.75. The number of H-pyrrole nitrogens is 1. The normalized spacial score (nSPS) is 23.6. The van der Waals surface area contributed by atoms with Crippen molar-refractivity contribution in [2.45, 2.75) is 65.1 Å². The Kier molecular flexibility index (Phi) is 9.77. The number of aliphatic carboxylic acids is 1. The lowest BCUT2D eigenvalue weighted by molar-refractivity contribution is -0.158.